The van der Waals surface area contributed by atoms with Crippen molar-refractivity contribution in [2.75, 3.05) is 0 Å². The number of nitrogens with zero attached hydrogens (tertiary/aromatic N) is 4. The van der Waals surface area contributed by atoms with Crippen molar-refractivity contribution in [3.8, 4) is 0 Å². The quantitative estimate of drug-likeness (QED) is 0.780. The van der Waals surface area contributed by atoms with Gasteiger partial charge in [0.15, 0.2) is 4.96 Å². The molecule has 0 spiro atoms. The molecule has 0 saturated carbocycles. The van der Waals surface area contributed by atoms with E-state index in [1.807, 2.05) is 13.8 Å². The van der Waals surface area contributed by atoms with Gasteiger partial charge in [-0.1, -0.05) is 13.8 Å². The van der Waals surface area contributed by atoms with Gasteiger partial charge in [0.2, 0.25) is 11.8 Å². The SMILES string of the molecule is CC(C)c1nnc([C@@H](C)NC(=O)c2cnc3sccn3c2=O)o1. The van der Waals surface area contributed by atoms with Crippen molar-refractivity contribution in [1.82, 2.24) is 24.9 Å². The fourth-order valence-electron chi connectivity index (χ4n) is 1.97. The van der Waals surface area contributed by atoms with Crippen LogP contribution in [0.4, 0.5) is 0 Å². The van der Waals surface area contributed by atoms with Crippen molar-refractivity contribution in [2.24, 2.45) is 0 Å². The molecule has 0 unspecified atom stereocenters. The van der Waals surface area contributed by atoms with E-state index in [1.54, 1.807) is 18.5 Å². The third-order valence-corrected chi connectivity index (χ3v) is 4.03. The zero-order chi connectivity index (χ0) is 16.6. The predicted molar refractivity (Wildman–Crippen MR) is 83.6 cm³/mol. The zero-order valence-corrected chi connectivity index (χ0v) is 13.6. The van der Waals surface area contributed by atoms with E-state index in [-0.39, 0.29) is 11.5 Å². The Morgan fingerprint density at radius 1 is 1.30 bits per heavy atom. The van der Waals surface area contributed by atoms with Crippen LogP contribution in [0.3, 0.4) is 0 Å². The molecule has 1 atom stereocenters. The van der Waals surface area contributed by atoms with E-state index in [0.717, 1.165) is 0 Å². The lowest BCUT2D eigenvalue weighted by Crippen LogP contribution is -2.33. The highest BCUT2D eigenvalue weighted by Gasteiger charge is 2.20. The highest BCUT2D eigenvalue weighted by molar-refractivity contribution is 7.15. The Kier molecular flexibility index (Phi) is 3.95. The molecule has 0 radical (unpaired) electrons. The molecule has 1 N–H and O–H groups in total. The zero-order valence-electron chi connectivity index (χ0n) is 12.8. The molecule has 0 aliphatic carbocycles. The molecule has 0 aliphatic rings. The Bertz CT molecular complexity index is 910. The van der Waals surface area contributed by atoms with E-state index in [9.17, 15) is 9.59 Å². The topological polar surface area (TPSA) is 102 Å². The van der Waals surface area contributed by atoms with Crippen molar-refractivity contribution in [2.45, 2.75) is 32.7 Å². The molecule has 3 aromatic heterocycles. The lowest BCUT2D eigenvalue weighted by atomic mass is 10.2. The summed E-state index contributed by atoms with van der Waals surface area (Å²) in [5.74, 6) is 0.378. The minimum atomic E-state index is -0.528. The van der Waals surface area contributed by atoms with Crippen LogP contribution in [-0.2, 0) is 0 Å². The number of thiazole rings is 1. The van der Waals surface area contributed by atoms with Gasteiger partial charge in [-0.25, -0.2) is 4.98 Å². The van der Waals surface area contributed by atoms with Crippen LogP contribution in [0, 0.1) is 0 Å². The maximum absolute atomic E-state index is 12.3. The number of carbonyl (C=O) groups excluding carboxylic acids is 1. The fourth-order valence-corrected chi connectivity index (χ4v) is 2.65. The number of hydrogen-bond acceptors (Lipinski definition) is 7. The molecule has 120 valence electrons. The molecular formula is C14H15N5O3S. The first-order valence-corrected chi connectivity index (χ1v) is 7.94. The molecule has 3 heterocycles. The Morgan fingerprint density at radius 2 is 2.04 bits per heavy atom. The maximum Gasteiger partial charge on any atom is 0.271 e. The molecule has 0 bridgehead atoms. The number of carbonyl (C=O) groups is 1. The van der Waals surface area contributed by atoms with Gasteiger partial charge in [-0.15, -0.1) is 21.5 Å². The van der Waals surface area contributed by atoms with Crippen LogP contribution in [0.5, 0.6) is 0 Å². The smallest absolute Gasteiger partial charge is 0.271 e. The second-order valence-electron chi connectivity index (χ2n) is 5.36. The van der Waals surface area contributed by atoms with Gasteiger partial charge in [0, 0.05) is 23.7 Å². The molecule has 1 amide bonds. The van der Waals surface area contributed by atoms with Gasteiger partial charge in [0.1, 0.15) is 11.6 Å². The Morgan fingerprint density at radius 3 is 2.74 bits per heavy atom. The van der Waals surface area contributed by atoms with Crippen LogP contribution < -0.4 is 10.9 Å². The van der Waals surface area contributed by atoms with Crippen molar-refractivity contribution >= 4 is 22.2 Å². The van der Waals surface area contributed by atoms with Gasteiger partial charge >= 0.3 is 0 Å². The number of aromatic nitrogens is 4. The summed E-state index contributed by atoms with van der Waals surface area (Å²) in [4.78, 5) is 29.2. The van der Waals surface area contributed by atoms with Crippen LogP contribution in [0.25, 0.3) is 4.96 Å². The Hall–Kier alpha value is -2.55. The largest absolute Gasteiger partial charge is 0.423 e. The van der Waals surface area contributed by atoms with Crippen LogP contribution in [0.15, 0.2) is 27.0 Å². The van der Waals surface area contributed by atoms with E-state index in [2.05, 4.69) is 20.5 Å². The van der Waals surface area contributed by atoms with Crippen molar-refractivity contribution < 1.29 is 9.21 Å². The van der Waals surface area contributed by atoms with E-state index < -0.39 is 17.5 Å². The van der Waals surface area contributed by atoms with Gasteiger partial charge in [-0.05, 0) is 6.92 Å². The van der Waals surface area contributed by atoms with E-state index in [1.165, 1.54) is 21.9 Å². The Labute approximate surface area is 135 Å². The third-order valence-electron chi connectivity index (χ3n) is 3.26. The summed E-state index contributed by atoms with van der Waals surface area (Å²) in [7, 11) is 0. The molecule has 3 aromatic rings. The lowest BCUT2D eigenvalue weighted by Gasteiger charge is -2.09. The van der Waals surface area contributed by atoms with Crippen LogP contribution in [0.1, 0.15) is 54.9 Å². The number of hydrogen-bond donors (Lipinski definition) is 1. The van der Waals surface area contributed by atoms with Gasteiger partial charge < -0.3 is 9.73 Å². The Balaban J connectivity index is 1.82. The number of fused-ring (bicyclic) bond motifs is 1. The van der Waals surface area contributed by atoms with E-state index in [0.29, 0.717) is 16.7 Å². The van der Waals surface area contributed by atoms with Gasteiger partial charge in [0.05, 0.1) is 0 Å². The molecule has 3 rings (SSSR count). The second kappa shape index (κ2) is 5.92. The molecule has 0 fully saturated rings. The van der Waals surface area contributed by atoms with Crippen LogP contribution in [-0.4, -0.2) is 25.5 Å². The first kappa shape index (κ1) is 15.3. The average molecular weight is 333 g/mol. The van der Waals surface area contributed by atoms with Gasteiger partial charge in [0.25, 0.3) is 11.5 Å². The molecule has 8 nitrogen and oxygen atoms in total. The lowest BCUT2D eigenvalue weighted by molar-refractivity contribution is 0.0931. The summed E-state index contributed by atoms with van der Waals surface area (Å²) in [6, 6.07) is -0.509. The third kappa shape index (κ3) is 2.87. The molecule has 0 aromatic carbocycles. The maximum atomic E-state index is 12.3. The molecular weight excluding hydrogens is 318 g/mol. The minimum Gasteiger partial charge on any atom is -0.423 e. The second-order valence-corrected chi connectivity index (χ2v) is 6.23. The van der Waals surface area contributed by atoms with E-state index >= 15 is 0 Å². The standard InChI is InChI=1S/C14H15N5O3S/c1-7(2)11-17-18-12(22-11)8(3)16-10(20)9-6-15-14-19(13(9)21)4-5-23-14/h4-8H,1-3H3,(H,16,20)/t8-/m1/s1. The molecule has 0 aliphatic heterocycles. The van der Waals surface area contributed by atoms with Gasteiger partial charge in [-0.2, -0.15) is 0 Å². The first-order valence-electron chi connectivity index (χ1n) is 7.06. The van der Waals surface area contributed by atoms with Crippen molar-refractivity contribution in [3.63, 3.8) is 0 Å². The number of amides is 1. The summed E-state index contributed by atoms with van der Waals surface area (Å²) in [5.41, 5.74) is -0.439. The van der Waals surface area contributed by atoms with Crippen molar-refractivity contribution in [3.05, 3.63) is 45.5 Å². The van der Waals surface area contributed by atoms with E-state index in [4.69, 9.17) is 4.42 Å². The normalized spacial score (nSPS) is 12.7. The summed E-state index contributed by atoms with van der Waals surface area (Å²) in [6.45, 7) is 5.58. The first-order chi connectivity index (χ1) is 11.0. The van der Waals surface area contributed by atoms with Crippen LogP contribution in [0.2, 0.25) is 0 Å². The summed E-state index contributed by atoms with van der Waals surface area (Å²) in [5, 5.41) is 12.3. The minimum absolute atomic E-state index is 0.0312. The molecule has 23 heavy (non-hydrogen) atoms. The number of nitrogens with one attached hydrogen (secondary N) is 1. The summed E-state index contributed by atoms with van der Waals surface area (Å²) >= 11 is 1.32. The molecule has 0 saturated heterocycles. The summed E-state index contributed by atoms with van der Waals surface area (Å²) in [6.07, 6.45) is 2.87. The summed E-state index contributed by atoms with van der Waals surface area (Å²) < 4.78 is 6.84. The highest BCUT2D eigenvalue weighted by atomic mass is 32.1. The highest BCUT2D eigenvalue weighted by Crippen LogP contribution is 2.17. The fraction of sp³-hybridized carbons (Fsp3) is 0.357. The predicted octanol–water partition coefficient (Wildman–Crippen LogP) is 1.75. The average Bonchev–Trinajstić information content (AvgIpc) is 3.17. The van der Waals surface area contributed by atoms with Crippen LogP contribution >= 0.6 is 11.3 Å². The molecule has 9 heteroatoms. The van der Waals surface area contributed by atoms with Gasteiger partial charge in [-0.3, -0.25) is 14.0 Å². The number of rotatable bonds is 4. The van der Waals surface area contributed by atoms with Crippen molar-refractivity contribution in [1.29, 1.82) is 0 Å². The monoisotopic (exact) mass is 333 g/mol.